The molecule has 1 aliphatic heterocycles. The molecule has 3 aromatic rings. The Morgan fingerprint density at radius 3 is 2.64 bits per heavy atom. The number of rotatable bonds is 3. The Bertz CT molecular complexity index is 1040. The molecule has 142 valence electrons. The zero-order chi connectivity index (χ0) is 19.7. The number of aryl methyl sites for hydroxylation is 2. The van der Waals surface area contributed by atoms with Crippen molar-refractivity contribution in [2.24, 2.45) is 7.05 Å². The summed E-state index contributed by atoms with van der Waals surface area (Å²) >= 11 is 0. The van der Waals surface area contributed by atoms with Crippen molar-refractivity contribution >= 4 is 5.69 Å². The lowest BCUT2D eigenvalue weighted by atomic mass is 9.92. The Morgan fingerprint density at radius 1 is 1.21 bits per heavy atom. The Hall–Kier alpha value is -3.27. The van der Waals surface area contributed by atoms with Crippen molar-refractivity contribution in [3.05, 3.63) is 59.7 Å². The van der Waals surface area contributed by atoms with Gasteiger partial charge in [-0.1, -0.05) is 12.1 Å². The maximum Gasteiger partial charge on any atom is 0.213 e. The monoisotopic (exact) mass is 376 g/mol. The molecule has 1 aliphatic rings. The van der Waals surface area contributed by atoms with E-state index in [2.05, 4.69) is 26.2 Å². The van der Waals surface area contributed by atoms with Gasteiger partial charge in [-0.05, 0) is 37.5 Å². The third kappa shape index (κ3) is 3.22. The molecule has 0 amide bonds. The summed E-state index contributed by atoms with van der Waals surface area (Å²) in [5, 5.41) is 17.9. The largest absolute Gasteiger partial charge is 0.370 e. The molecule has 1 saturated heterocycles. The van der Waals surface area contributed by atoms with Gasteiger partial charge < -0.3 is 9.47 Å². The van der Waals surface area contributed by atoms with Crippen LogP contribution in [-0.2, 0) is 7.05 Å². The summed E-state index contributed by atoms with van der Waals surface area (Å²) in [4.78, 5) is 6.08. The Morgan fingerprint density at radius 2 is 2.00 bits per heavy atom. The fourth-order valence-electron chi connectivity index (χ4n) is 4.02. The topological polar surface area (TPSA) is 70.6 Å². The number of anilines is 1. The highest BCUT2D eigenvalue weighted by Crippen LogP contribution is 2.38. The van der Waals surface area contributed by atoms with Crippen molar-refractivity contribution in [1.29, 1.82) is 5.26 Å². The van der Waals surface area contributed by atoms with E-state index < -0.39 is 5.95 Å². The molecule has 28 heavy (non-hydrogen) atoms. The van der Waals surface area contributed by atoms with E-state index in [4.69, 9.17) is 0 Å². The minimum absolute atomic E-state index is 0.357. The fraction of sp³-hybridized carbons (Fsp3) is 0.333. The molecule has 0 N–H and O–H groups in total. The van der Waals surface area contributed by atoms with Crippen LogP contribution in [0.25, 0.3) is 11.1 Å². The lowest BCUT2D eigenvalue weighted by Crippen LogP contribution is -2.34. The van der Waals surface area contributed by atoms with E-state index >= 15 is 0 Å². The van der Waals surface area contributed by atoms with Gasteiger partial charge in [0.15, 0.2) is 0 Å². The van der Waals surface area contributed by atoms with Crippen LogP contribution in [0.4, 0.5) is 10.1 Å². The third-order valence-corrected chi connectivity index (χ3v) is 5.45. The van der Waals surface area contributed by atoms with Gasteiger partial charge in [-0.25, -0.2) is 4.98 Å². The second-order valence-corrected chi connectivity index (χ2v) is 7.20. The summed E-state index contributed by atoms with van der Waals surface area (Å²) in [5.74, 6) is 0.867. The smallest absolute Gasteiger partial charge is 0.213 e. The van der Waals surface area contributed by atoms with Crippen molar-refractivity contribution in [2.45, 2.75) is 25.7 Å². The summed E-state index contributed by atoms with van der Waals surface area (Å²) in [6, 6.07) is 9.43. The molecule has 6 nitrogen and oxygen atoms in total. The molecule has 1 aromatic carbocycles. The van der Waals surface area contributed by atoms with Gasteiger partial charge in [-0.3, -0.25) is 0 Å². The molecule has 0 aliphatic carbocycles. The molecule has 2 aromatic heterocycles. The predicted molar refractivity (Wildman–Crippen MR) is 104 cm³/mol. The summed E-state index contributed by atoms with van der Waals surface area (Å²) in [6.45, 7) is 3.50. The summed E-state index contributed by atoms with van der Waals surface area (Å²) in [7, 11) is 1.97. The van der Waals surface area contributed by atoms with E-state index in [-0.39, 0.29) is 0 Å². The molecule has 0 spiro atoms. The van der Waals surface area contributed by atoms with Crippen molar-refractivity contribution < 1.29 is 4.39 Å². The van der Waals surface area contributed by atoms with E-state index in [1.807, 2.05) is 36.7 Å². The minimum Gasteiger partial charge on any atom is -0.370 e. The van der Waals surface area contributed by atoms with Crippen molar-refractivity contribution in [3.63, 3.8) is 0 Å². The highest BCUT2D eigenvalue weighted by molar-refractivity contribution is 5.84. The lowest BCUT2D eigenvalue weighted by Gasteiger charge is -2.35. The van der Waals surface area contributed by atoms with Crippen LogP contribution >= 0.6 is 0 Å². The number of benzene rings is 1. The van der Waals surface area contributed by atoms with Crippen LogP contribution < -0.4 is 4.90 Å². The molecule has 3 heterocycles. The highest BCUT2D eigenvalue weighted by atomic mass is 19.1. The summed E-state index contributed by atoms with van der Waals surface area (Å²) in [5.41, 5.74) is 4.10. The zero-order valence-electron chi connectivity index (χ0n) is 15.9. The molecule has 0 unspecified atom stereocenters. The van der Waals surface area contributed by atoms with Gasteiger partial charge in [0.2, 0.25) is 5.95 Å². The fourth-order valence-corrected chi connectivity index (χ4v) is 4.02. The Kier molecular flexibility index (Phi) is 4.78. The van der Waals surface area contributed by atoms with Gasteiger partial charge in [-0.15, -0.1) is 10.2 Å². The molecule has 0 atom stereocenters. The standard InChI is InChI=1S/C21H21FN6/c1-14-10-19(22)24-12-18(14)17-5-3-4-16(11-23)20(17)28-8-6-15(7-9-28)21-26-25-13-27(21)2/h3-5,10,12-13,15H,6-9H2,1-2H3. The first-order valence-electron chi connectivity index (χ1n) is 9.33. The lowest BCUT2D eigenvalue weighted by molar-refractivity contribution is 0.474. The summed E-state index contributed by atoms with van der Waals surface area (Å²) < 4.78 is 15.5. The van der Waals surface area contributed by atoms with Crippen LogP contribution in [0.3, 0.4) is 0 Å². The molecular formula is C21H21FN6. The second-order valence-electron chi connectivity index (χ2n) is 7.20. The summed E-state index contributed by atoms with van der Waals surface area (Å²) in [6.07, 6.45) is 5.16. The maximum atomic E-state index is 13.5. The SMILES string of the molecule is Cc1cc(F)ncc1-c1cccc(C#N)c1N1CCC(c2nncn2C)CC1. The van der Waals surface area contributed by atoms with Gasteiger partial charge in [-0.2, -0.15) is 9.65 Å². The third-order valence-electron chi connectivity index (χ3n) is 5.45. The van der Waals surface area contributed by atoms with Gasteiger partial charge in [0.05, 0.1) is 11.3 Å². The number of piperidine rings is 1. The van der Waals surface area contributed by atoms with Crippen LogP contribution in [0.15, 0.2) is 36.8 Å². The number of nitriles is 1. The van der Waals surface area contributed by atoms with Crippen LogP contribution in [0.1, 0.15) is 35.7 Å². The molecular weight excluding hydrogens is 355 g/mol. The minimum atomic E-state index is -0.497. The number of pyridine rings is 1. The van der Waals surface area contributed by atoms with Gasteiger partial charge in [0, 0.05) is 43.4 Å². The highest BCUT2D eigenvalue weighted by Gasteiger charge is 2.27. The first-order valence-corrected chi connectivity index (χ1v) is 9.33. The van der Waals surface area contributed by atoms with E-state index in [9.17, 15) is 9.65 Å². The molecule has 7 heteroatoms. The number of hydrogen-bond acceptors (Lipinski definition) is 5. The molecule has 0 bridgehead atoms. The normalized spacial score (nSPS) is 14.9. The number of nitrogens with zero attached hydrogens (tertiary/aromatic N) is 6. The van der Waals surface area contributed by atoms with E-state index in [1.165, 1.54) is 6.07 Å². The van der Waals surface area contributed by atoms with Crippen molar-refractivity contribution in [1.82, 2.24) is 19.7 Å². The van der Waals surface area contributed by atoms with E-state index in [0.717, 1.165) is 54.1 Å². The number of hydrogen-bond donors (Lipinski definition) is 0. The quantitative estimate of drug-likeness (QED) is 0.654. The van der Waals surface area contributed by atoms with Crippen LogP contribution in [-0.4, -0.2) is 32.8 Å². The molecule has 0 saturated carbocycles. The molecule has 0 radical (unpaired) electrons. The number of para-hydroxylation sites is 1. The predicted octanol–water partition coefficient (Wildman–Crippen LogP) is 3.58. The van der Waals surface area contributed by atoms with Crippen LogP contribution in [0.2, 0.25) is 0 Å². The Labute approximate surface area is 163 Å². The van der Waals surface area contributed by atoms with Gasteiger partial charge in [0.1, 0.15) is 18.2 Å². The maximum absolute atomic E-state index is 13.5. The van der Waals surface area contributed by atoms with Crippen molar-refractivity contribution in [2.75, 3.05) is 18.0 Å². The van der Waals surface area contributed by atoms with Crippen molar-refractivity contribution in [3.8, 4) is 17.2 Å². The van der Waals surface area contributed by atoms with E-state index in [1.54, 1.807) is 12.5 Å². The zero-order valence-corrected chi connectivity index (χ0v) is 15.9. The Balaban J connectivity index is 1.68. The van der Waals surface area contributed by atoms with E-state index in [0.29, 0.717) is 11.5 Å². The molecule has 1 fully saturated rings. The average molecular weight is 376 g/mol. The first-order chi connectivity index (χ1) is 13.6. The molecule has 4 rings (SSSR count). The number of halogens is 1. The van der Waals surface area contributed by atoms with Gasteiger partial charge in [0.25, 0.3) is 0 Å². The second kappa shape index (κ2) is 7.39. The van der Waals surface area contributed by atoms with Gasteiger partial charge >= 0.3 is 0 Å². The number of aromatic nitrogens is 4. The first kappa shape index (κ1) is 18.1. The average Bonchev–Trinajstić information content (AvgIpc) is 3.13. The van der Waals surface area contributed by atoms with Crippen LogP contribution in [0, 0.1) is 24.2 Å². The van der Waals surface area contributed by atoms with Crippen LogP contribution in [0.5, 0.6) is 0 Å².